The van der Waals surface area contributed by atoms with Gasteiger partial charge in [0.2, 0.25) is 0 Å². The van der Waals surface area contributed by atoms with Crippen molar-refractivity contribution in [2.75, 3.05) is 13.2 Å². The van der Waals surface area contributed by atoms with E-state index in [9.17, 15) is 9.59 Å². The van der Waals surface area contributed by atoms with Gasteiger partial charge < -0.3 is 9.47 Å². The standard InChI is InChI=1S/C19H22INO4S/c1-5-8-25-17-14(20)9-13(10-15(17)24-7-3)11-16-18(22)21(12(4)6-2)19(23)26-16/h5,9-12H,1,6-8H2,2-4H3/b16-11+/t12-/m1/s1. The molecule has 1 fully saturated rings. The summed E-state index contributed by atoms with van der Waals surface area (Å²) < 4.78 is 12.2. The molecule has 0 bridgehead atoms. The van der Waals surface area contributed by atoms with Gasteiger partial charge in [0.25, 0.3) is 11.1 Å². The Morgan fingerprint density at radius 2 is 2.04 bits per heavy atom. The van der Waals surface area contributed by atoms with E-state index in [-0.39, 0.29) is 17.2 Å². The van der Waals surface area contributed by atoms with Gasteiger partial charge in [-0.25, -0.2) is 0 Å². The Balaban J connectivity index is 2.37. The number of amides is 2. The molecular weight excluding hydrogens is 465 g/mol. The number of ether oxygens (including phenoxy) is 2. The van der Waals surface area contributed by atoms with Crippen LogP contribution in [0.3, 0.4) is 0 Å². The number of hydrogen-bond acceptors (Lipinski definition) is 5. The Hall–Kier alpha value is -1.48. The van der Waals surface area contributed by atoms with Crippen molar-refractivity contribution in [1.82, 2.24) is 4.90 Å². The van der Waals surface area contributed by atoms with Crippen LogP contribution in [0.15, 0.2) is 29.7 Å². The highest BCUT2D eigenvalue weighted by molar-refractivity contribution is 14.1. The molecule has 2 amide bonds. The minimum absolute atomic E-state index is 0.109. The quantitative estimate of drug-likeness (QED) is 0.291. The molecule has 140 valence electrons. The fourth-order valence-electron chi connectivity index (χ4n) is 2.41. The van der Waals surface area contributed by atoms with Gasteiger partial charge in [-0.1, -0.05) is 19.6 Å². The van der Waals surface area contributed by atoms with Gasteiger partial charge >= 0.3 is 0 Å². The molecule has 0 saturated carbocycles. The molecule has 0 radical (unpaired) electrons. The topological polar surface area (TPSA) is 55.8 Å². The maximum absolute atomic E-state index is 12.6. The minimum Gasteiger partial charge on any atom is -0.490 e. The minimum atomic E-state index is -0.241. The first-order valence-corrected chi connectivity index (χ1v) is 10.3. The molecular formula is C19H22INO4S. The van der Waals surface area contributed by atoms with Crippen molar-refractivity contribution in [2.45, 2.75) is 33.2 Å². The van der Waals surface area contributed by atoms with Gasteiger partial charge in [-0.05, 0) is 78.4 Å². The molecule has 1 aromatic carbocycles. The monoisotopic (exact) mass is 487 g/mol. The molecule has 2 rings (SSSR count). The van der Waals surface area contributed by atoms with Gasteiger partial charge in [0, 0.05) is 6.04 Å². The van der Waals surface area contributed by atoms with Crippen LogP contribution in [0.4, 0.5) is 4.79 Å². The molecule has 0 aliphatic carbocycles. The zero-order chi connectivity index (χ0) is 19.3. The van der Waals surface area contributed by atoms with E-state index < -0.39 is 0 Å². The Bertz CT molecular complexity index is 747. The summed E-state index contributed by atoms with van der Waals surface area (Å²) >= 11 is 3.14. The number of rotatable bonds is 8. The average molecular weight is 487 g/mol. The Kier molecular flexibility index (Phi) is 7.57. The maximum Gasteiger partial charge on any atom is 0.293 e. The summed E-state index contributed by atoms with van der Waals surface area (Å²) in [5.41, 5.74) is 0.790. The fourth-order valence-corrected chi connectivity index (χ4v) is 4.12. The van der Waals surface area contributed by atoms with Gasteiger partial charge in [-0.3, -0.25) is 14.5 Å². The molecule has 1 aromatic rings. The van der Waals surface area contributed by atoms with Crippen molar-refractivity contribution in [3.63, 3.8) is 0 Å². The van der Waals surface area contributed by atoms with Crippen LogP contribution >= 0.6 is 34.4 Å². The summed E-state index contributed by atoms with van der Waals surface area (Å²) in [5, 5.41) is -0.221. The first-order valence-electron chi connectivity index (χ1n) is 8.39. The third-order valence-corrected chi connectivity index (χ3v) is 5.52. The lowest BCUT2D eigenvalue weighted by atomic mass is 10.1. The molecule has 5 nitrogen and oxygen atoms in total. The highest BCUT2D eigenvalue weighted by atomic mass is 127. The summed E-state index contributed by atoms with van der Waals surface area (Å²) in [6.45, 7) is 10.3. The smallest absolute Gasteiger partial charge is 0.293 e. The van der Waals surface area contributed by atoms with E-state index in [4.69, 9.17) is 9.47 Å². The number of benzene rings is 1. The van der Waals surface area contributed by atoms with Gasteiger partial charge in [-0.15, -0.1) is 0 Å². The second-order valence-corrected chi connectivity index (χ2v) is 7.83. The summed E-state index contributed by atoms with van der Waals surface area (Å²) in [6.07, 6.45) is 4.13. The van der Waals surface area contributed by atoms with Crippen LogP contribution in [-0.2, 0) is 4.79 Å². The van der Waals surface area contributed by atoms with E-state index in [0.29, 0.717) is 29.6 Å². The zero-order valence-corrected chi connectivity index (χ0v) is 18.1. The molecule has 0 unspecified atom stereocenters. The average Bonchev–Trinajstić information content (AvgIpc) is 2.87. The number of halogens is 1. The number of carbonyl (C=O) groups excluding carboxylic acids is 2. The number of imide groups is 1. The van der Waals surface area contributed by atoms with Gasteiger partial charge in [-0.2, -0.15) is 0 Å². The second-order valence-electron chi connectivity index (χ2n) is 5.67. The number of nitrogens with zero attached hydrogens (tertiary/aromatic N) is 1. The van der Waals surface area contributed by atoms with Gasteiger partial charge in [0.1, 0.15) is 6.61 Å². The van der Waals surface area contributed by atoms with Crippen LogP contribution in [0.1, 0.15) is 32.8 Å². The zero-order valence-electron chi connectivity index (χ0n) is 15.1. The third-order valence-electron chi connectivity index (χ3n) is 3.83. The van der Waals surface area contributed by atoms with E-state index >= 15 is 0 Å². The first kappa shape index (κ1) is 20.8. The Morgan fingerprint density at radius 1 is 1.31 bits per heavy atom. The molecule has 7 heteroatoms. The van der Waals surface area contributed by atoms with Crippen molar-refractivity contribution in [3.05, 3.63) is 38.8 Å². The predicted octanol–water partition coefficient (Wildman–Crippen LogP) is 5.09. The molecule has 1 aliphatic rings. The van der Waals surface area contributed by atoms with E-state index in [1.54, 1.807) is 12.2 Å². The lowest BCUT2D eigenvalue weighted by Crippen LogP contribution is -2.36. The molecule has 1 atom stereocenters. The summed E-state index contributed by atoms with van der Waals surface area (Å²) in [4.78, 5) is 26.5. The van der Waals surface area contributed by atoms with Crippen LogP contribution in [0, 0.1) is 3.57 Å². The van der Waals surface area contributed by atoms with E-state index in [2.05, 4.69) is 29.2 Å². The maximum atomic E-state index is 12.6. The van der Waals surface area contributed by atoms with Crippen LogP contribution in [-0.4, -0.2) is 35.3 Å². The lowest BCUT2D eigenvalue weighted by Gasteiger charge is -2.19. The lowest BCUT2D eigenvalue weighted by molar-refractivity contribution is -0.124. The third kappa shape index (κ3) is 4.62. The highest BCUT2D eigenvalue weighted by Gasteiger charge is 2.37. The van der Waals surface area contributed by atoms with Crippen molar-refractivity contribution in [1.29, 1.82) is 0 Å². The number of carbonyl (C=O) groups is 2. The molecule has 0 N–H and O–H groups in total. The molecule has 0 aromatic heterocycles. The van der Waals surface area contributed by atoms with E-state index in [1.165, 1.54) is 4.90 Å². The fraction of sp³-hybridized carbons (Fsp3) is 0.368. The van der Waals surface area contributed by atoms with Crippen molar-refractivity contribution in [3.8, 4) is 11.5 Å². The molecule has 0 spiro atoms. The predicted molar refractivity (Wildman–Crippen MR) is 114 cm³/mol. The van der Waals surface area contributed by atoms with Crippen LogP contribution < -0.4 is 9.47 Å². The number of hydrogen-bond donors (Lipinski definition) is 0. The number of thioether (sulfide) groups is 1. The summed E-state index contributed by atoms with van der Waals surface area (Å²) in [5.74, 6) is 1.01. The summed E-state index contributed by atoms with van der Waals surface area (Å²) in [6, 6.07) is 3.61. The largest absolute Gasteiger partial charge is 0.490 e. The van der Waals surface area contributed by atoms with E-state index in [0.717, 1.165) is 27.3 Å². The Labute approximate surface area is 171 Å². The molecule has 1 aliphatic heterocycles. The highest BCUT2D eigenvalue weighted by Crippen LogP contribution is 2.38. The van der Waals surface area contributed by atoms with Crippen LogP contribution in [0.5, 0.6) is 11.5 Å². The second kappa shape index (κ2) is 9.45. The SMILES string of the molecule is C=CCOc1c(I)cc(/C=C2/SC(=O)N([C@H](C)CC)C2=O)cc1OCC. The Morgan fingerprint density at radius 3 is 2.65 bits per heavy atom. The van der Waals surface area contributed by atoms with Crippen LogP contribution in [0.25, 0.3) is 6.08 Å². The van der Waals surface area contributed by atoms with Crippen LogP contribution in [0.2, 0.25) is 0 Å². The molecule has 26 heavy (non-hydrogen) atoms. The first-order chi connectivity index (χ1) is 12.4. The molecule has 1 saturated heterocycles. The van der Waals surface area contributed by atoms with Crippen molar-refractivity contribution < 1.29 is 19.1 Å². The molecule has 1 heterocycles. The van der Waals surface area contributed by atoms with Crippen molar-refractivity contribution >= 4 is 51.6 Å². The summed E-state index contributed by atoms with van der Waals surface area (Å²) in [7, 11) is 0. The van der Waals surface area contributed by atoms with Gasteiger partial charge in [0.05, 0.1) is 15.1 Å². The van der Waals surface area contributed by atoms with E-state index in [1.807, 2.05) is 32.9 Å². The van der Waals surface area contributed by atoms with Crippen molar-refractivity contribution in [2.24, 2.45) is 0 Å². The normalized spacial score (nSPS) is 16.9. The van der Waals surface area contributed by atoms with Gasteiger partial charge in [0.15, 0.2) is 11.5 Å².